The lowest BCUT2D eigenvalue weighted by molar-refractivity contribution is 0.168. The van der Waals surface area contributed by atoms with E-state index < -0.39 is 0 Å². The molecule has 1 rings (SSSR count). The van der Waals surface area contributed by atoms with Crippen LogP contribution in [-0.2, 0) is 0 Å². The van der Waals surface area contributed by atoms with Gasteiger partial charge in [0.05, 0.1) is 12.0 Å². The van der Waals surface area contributed by atoms with Crippen LogP contribution in [0.4, 0.5) is 0 Å². The lowest BCUT2D eigenvalue weighted by Gasteiger charge is -2.39. The molecule has 0 aliphatic heterocycles. The van der Waals surface area contributed by atoms with Crippen LogP contribution in [-0.4, -0.2) is 22.7 Å². The average Bonchev–Trinajstić information content (AvgIpc) is 2.34. The molecule has 1 fully saturated rings. The normalized spacial score (nSPS) is 30.8. The number of hydrogen-bond donors (Lipinski definition) is 1. The minimum atomic E-state index is 0.208. The summed E-state index contributed by atoms with van der Waals surface area (Å²) in [5.41, 5.74) is 0.349. The highest BCUT2D eigenvalue weighted by atomic mass is 32.2. The standard InChI is InChI=1S/C15H27NOS/c1-11(9-17)10-18-14-7-13(15(2,3)4)6-5-12(14)8-16/h11-14,17H,5-7,9-10H2,1-4H3. The van der Waals surface area contributed by atoms with Gasteiger partial charge in [0.15, 0.2) is 0 Å². The van der Waals surface area contributed by atoms with Gasteiger partial charge in [0.1, 0.15) is 0 Å². The highest BCUT2D eigenvalue weighted by molar-refractivity contribution is 7.99. The summed E-state index contributed by atoms with van der Waals surface area (Å²) < 4.78 is 0. The summed E-state index contributed by atoms with van der Waals surface area (Å²) in [6.45, 7) is 9.24. The van der Waals surface area contributed by atoms with Gasteiger partial charge in [0.25, 0.3) is 0 Å². The molecule has 4 unspecified atom stereocenters. The second-order valence-corrected chi connectivity index (χ2v) is 8.04. The number of aliphatic hydroxyl groups excluding tert-OH is 1. The summed E-state index contributed by atoms with van der Waals surface area (Å²) >= 11 is 1.90. The van der Waals surface area contributed by atoms with Crippen LogP contribution in [0.3, 0.4) is 0 Å². The van der Waals surface area contributed by atoms with Crippen LogP contribution >= 0.6 is 11.8 Å². The van der Waals surface area contributed by atoms with Crippen LogP contribution in [0, 0.1) is 34.5 Å². The highest BCUT2D eigenvalue weighted by Crippen LogP contribution is 2.44. The second-order valence-electron chi connectivity index (χ2n) is 6.77. The van der Waals surface area contributed by atoms with Gasteiger partial charge >= 0.3 is 0 Å². The van der Waals surface area contributed by atoms with Crippen LogP contribution < -0.4 is 0 Å². The van der Waals surface area contributed by atoms with Crippen LogP contribution in [0.15, 0.2) is 0 Å². The van der Waals surface area contributed by atoms with Gasteiger partial charge in [-0.3, -0.25) is 0 Å². The van der Waals surface area contributed by atoms with Gasteiger partial charge in [-0.1, -0.05) is 27.7 Å². The Morgan fingerprint density at radius 2 is 2.06 bits per heavy atom. The Balaban J connectivity index is 2.57. The van der Waals surface area contributed by atoms with E-state index in [1.165, 1.54) is 6.42 Å². The van der Waals surface area contributed by atoms with E-state index >= 15 is 0 Å². The molecule has 0 spiro atoms. The Bertz CT molecular complexity index is 292. The molecule has 1 saturated carbocycles. The molecule has 104 valence electrons. The lowest BCUT2D eigenvalue weighted by atomic mass is 9.70. The van der Waals surface area contributed by atoms with Gasteiger partial charge in [0.2, 0.25) is 0 Å². The molecule has 0 aromatic carbocycles. The van der Waals surface area contributed by atoms with Crippen molar-refractivity contribution < 1.29 is 5.11 Å². The average molecular weight is 269 g/mol. The van der Waals surface area contributed by atoms with Crippen LogP contribution in [0.2, 0.25) is 0 Å². The van der Waals surface area contributed by atoms with Crippen molar-refractivity contribution in [1.29, 1.82) is 5.26 Å². The van der Waals surface area contributed by atoms with E-state index in [0.717, 1.165) is 24.5 Å². The van der Waals surface area contributed by atoms with E-state index in [0.29, 0.717) is 16.6 Å². The van der Waals surface area contributed by atoms with Crippen LogP contribution in [0.5, 0.6) is 0 Å². The molecule has 3 heteroatoms. The fourth-order valence-corrected chi connectivity index (χ4v) is 4.07. The Kier molecular flexibility index (Phi) is 6.01. The zero-order valence-corrected chi connectivity index (χ0v) is 13.0. The molecule has 1 aliphatic carbocycles. The molecule has 0 amide bonds. The maximum absolute atomic E-state index is 9.26. The third-order valence-electron chi connectivity index (χ3n) is 4.09. The molecular formula is C15H27NOS. The number of aliphatic hydroxyl groups is 1. The van der Waals surface area contributed by atoms with E-state index in [1.54, 1.807) is 0 Å². The van der Waals surface area contributed by atoms with Gasteiger partial charge in [-0.05, 0) is 42.3 Å². The van der Waals surface area contributed by atoms with Crippen molar-refractivity contribution in [2.24, 2.45) is 23.2 Å². The van der Waals surface area contributed by atoms with E-state index in [9.17, 15) is 5.26 Å². The molecule has 0 heterocycles. The van der Waals surface area contributed by atoms with E-state index in [2.05, 4.69) is 33.8 Å². The highest BCUT2D eigenvalue weighted by Gasteiger charge is 2.36. The zero-order valence-electron chi connectivity index (χ0n) is 12.1. The summed E-state index contributed by atoms with van der Waals surface area (Å²) in [6.07, 6.45) is 3.39. The predicted octanol–water partition coefficient (Wildman–Crippen LogP) is 3.70. The Morgan fingerprint density at radius 1 is 1.39 bits per heavy atom. The minimum Gasteiger partial charge on any atom is -0.396 e. The Labute approximate surface area is 116 Å². The van der Waals surface area contributed by atoms with E-state index in [4.69, 9.17) is 5.11 Å². The van der Waals surface area contributed by atoms with E-state index in [1.807, 2.05) is 11.8 Å². The first-order valence-electron chi connectivity index (χ1n) is 7.00. The predicted molar refractivity (Wildman–Crippen MR) is 78.4 cm³/mol. The monoisotopic (exact) mass is 269 g/mol. The summed E-state index contributed by atoms with van der Waals surface area (Å²) in [5, 5.41) is 18.8. The van der Waals surface area contributed by atoms with Crippen molar-refractivity contribution in [2.45, 2.75) is 52.2 Å². The molecule has 0 radical (unpaired) electrons. The number of nitrogens with zero attached hydrogens (tertiary/aromatic N) is 1. The molecule has 2 nitrogen and oxygen atoms in total. The lowest BCUT2D eigenvalue weighted by Crippen LogP contribution is -2.33. The van der Waals surface area contributed by atoms with Crippen molar-refractivity contribution in [3.63, 3.8) is 0 Å². The van der Waals surface area contributed by atoms with Gasteiger partial charge in [-0.25, -0.2) is 0 Å². The Hall–Kier alpha value is -0.200. The maximum Gasteiger partial charge on any atom is 0.0667 e. The first kappa shape index (κ1) is 15.9. The molecule has 4 atom stereocenters. The SMILES string of the molecule is CC(CO)CSC1CC(C(C)(C)C)CCC1C#N. The van der Waals surface area contributed by atoms with Gasteiger partial charge in [-0.2, -0.15) is 17.0 Å². The number of nitriles is 1. The fourth-order valence-electron chi connectivity index (χ4n) is 2.59. The molecule has 0 aromatic rings. The number of hydrogen-bond acceptors (Lipinski definition) is 3. The smallest absolute Gasteiger partial charge is 0.0667 e. The van der Waals surface area contributed by atoms with Crippen molar-refractivity contribution in [2.75, 3.05) is 12.4 Å². The quantitative estimate of drug-likeness (QED) is 0.846. The van der Waals surface area contributed by atoms with Gasteiger partial charge in [-0.15, -0.1) is 0 Å². The number of thioether (sulfide) groups is 1. The molecule has 18 heavy (non-hydrogen) atoms. The molecule has 1 N–H and O–H groups in total. The second kappa shape index (κ2) is 6.82. The topological polar surface area (TPSA) is 44.0 Å². The summed E-state index contributed by atoms with van der Waals surface area (Å²) in [5.74, 6) is 2.24. The largest absolute Gasteiger partial charge is 0.396 e. The maximum atomic E-state index is 9.26. The zero-order chi connectivity index (χ0) is 13.8. The minimum absolute atomic E-state index is 0.208. The Morgan fingerprint density at radius 3 is 2.56 bits per heavy atom. The fraction of sp³-hybridized carbons (Fsp3) is 0.933. The van der Waals surface area contributed by atoms with Crippen LogP contribution in [0.25, 0.3) is 0 Å². The first-order valence-corrected chi connectivity index (χ1v) is 8.05. The summed E-state index contributed by atoms with van der Waals surface area (Å²) in [4.78, 5) is 0. The van der Waals surface area contributed by atoms with Crippen molar-refractivity contribution >= 4 is 11.8 Å². The van der Waals surface area contributed by atoms with Crippen molar-refractivity contribution in [3.8, 4) is 6.07 Å². The molecule has 0 saturated heterocycles. The van der Waals surface area contributed by atoms with Crippen LogP contribution in [0.1, 0.15) is 47.0 Å². The third-order valence-corrected chi connectivity index (χ3v) is 5.80. The summed E-state index contributed by atoms with van der Waals surface area (Å²) in [7, 11) is 0. The van der Waals surface area contributed by atoms with Gasteiger partial charge < -0.3 is 5.11 Å². The third kappa shape index (κ3) is 4.48. The van der Waals surface area contributed by atoms with Crippen molar-refractivity contribution in [1.82, 2.24) is 0 Å². The first-order chi connectivity index (χ1) is 8.38. The van der Waals surface area contributed by atoms with Gasteiger partial charge in [0, 0.05) is 11.9 Å². The summed E-state index contributed by atoms with van der Waals surface area (Å²) in [6, 6.07) is 2.48. The molecule has 0 bridgehead atoms. The molecule has 0 aromatic heterocycles. The molecule has 1 aliphatic rings. The van der Waals surface area contributed by atoms with Crippen molar-refractivity contribution in [3.05, 3.63) is 0 Å². The number of rotatable bonds is 4. The van der Waals surface area contributed by atoms with E-state index in [-0.39, 0.29) is 12.5 Å². The molecular weight excluding hydrogens is 242 g/mol.